The summed E-state index contributed by atoms with van der Waals surface area (Å²) in [6, 6.07) is 6.39. The van der Waals surface area contributed by atoms with Gasteiger partial charge in [0.15, 0.2) is 0 Å². The lowest BCUT2D eigenvalue weighted by atomic mass is 10.2. The van der Waals surface area contributed by atoms with Gasteiger partial charge >= 0.3 is 0 Å². The number of benzene rings is 1. The van der Waals surface area contributed by atoms with Gasteiger partial charge in [-0.15, -0.1) is 11.3 Å². The number of thiazole rings is 1. The standard InChI is InChI=1S/C15H18FN3O2S/c1-21-9-8-17-6-7-18-14(20)13-10-19-15(22-13)11-4-2-3-5-12(11)16/h2-5,10,17H,6-9H2,1H3,(H,18,20). The molecule has 0 spiro atoms. The second-order valence-corrected chi connectivity index (χ2v) is 5.54. The Bertz CT molecular complexity index is 618. The van der Waals surface area contributed by atoms with E-state index in [9.17, 15) is 9.18 Å². The van der Waals surface area contributed by atoms with Gasteiger partial charge in [0.1, 0.15) is 15.7 Å². The normalized spacial score (nSPS) is 10.6. The van der Waals surface area contributed by atoms with Crippen LogP contribution in [0.1, 0.15) is 9.67 Å². The number of hydrogen-bond donors (Lipinski definition) is 2. The predicted octanol–water partition coefficient (Wildman–Crippen LogP) is 1.91. The van der Waals surface area contributed by atoms with Gasteiger partial charge in [0.05, 0.1) is 12.8 Å². The number of methoxy groups -OCH3 is 1. The molecule has 1 aromatic carbocycles. The van der Waals surface area contributed by atoms with Crippen LogP contribution in [-0.4, -0.2) is 44.2 Å². The molecule has 118 valence electrons. The van der Waals surface area contributed by atoms with Crippen molar-refractivity contribution in [1.82, 2.24) is 15.6 Å². The third kappa shape index (κ3) is 4.59. The Balaban J connectivity index is 1.86. The van der Waals surface area contributed by atoms with Gasteiger partial charge in [-0.1, -0.05) is 12.1 Å². The lowest BCUT2D eigenvalue weighted by Crippen LogP contribution is -2.32. The smallest absolute Gasteiger partial charge is 0.263 e. The Labute approximate surface area is 132 Å². The minimum absolute atomic E-state index is 0.200. The molecule has 0 unspecified atom stereocenters. The van der Waals surface area contributed by atoms with Crippen molar-refractivity contribution in [3.8, 4) is 10.6 Å². The highest BCUT2D eigenvalue weighted by atomic mass is 32.1. The van der Waals surface area contributed by atoms with E-state index in [4.69, 9.17) is 4.74 Å². The summed E-state index contributed by atoms with van der Waals surface area (Å²) in [7, 11) is 1.64. The maximum atomic E-state index is 13.7. The van der Waals surface area contributed by atoms with Gasteiger partial charge in [0.2, 0.25) is 0 Å². The van der Waals surface area contributed by atoms with Crippen molar-refractivity contribution in [3.05, 3.63) is 41.2 Å². The molecule has 0 bridgehead atoms. The van der Waals surface area contributed by atoms with E-state index in [-0.39, 0.29) is 11.7 Å². The van der Waals surface area contributed by atoms with Crippen molar-refractivity contribution in [2.24, 2.45) is 0 Å². The highest BCUT2D eigenvalue weighted by Crippen LogP contribution is 2.27. The average Bonchev–Trinajstić information content (AvgIpc) is 3.01. The molecule has 2 rings (SSSR count). The first-order valence-corrected chi connectivity index (χ1v) is 7.72. The molecule has 0 fully saturated rings. The Hall–Kier alpha value is -1.83. The molecule has 0 aliphatic rings. The number of aromatic nitrogens is 1. The van der Waals surface area contributed by atoms with E-state index in [2.05, 4.69) is 15.6 Å². The molecule has 2 aromatic rings. The zero-order chi connectivity index (χ0) is 15.8. The SMILES string of the molecule is COCCNCCNC(=O)c1cnc(-c2ccccc2F)s1. The highest BCUT2D eigenvalue weighted by molar-refractivity contribution is 7.16. The molecule has 0 radical (unpaired) electrons. The Kier molecular flexibility index (Phi) is 6.45. The number of rotatable bonds is 8. The number of nitrogens with zero attached hydrogens (tertiary/aromatic N) is 1. The number of ether oxygens (including phenoxy) is 1. The molecule has 0 aliphatic carbocycles. The van der Waals surface area contributed by atoms with Crippen LogP contribution < -0.4 is 10.6 Å². The molecule has 5 nitrogen and oxygen atoms in total. The third-order valence-corrected chi connectivity index (χ3v) is 3.93. The van der Waals surface area contributed by atoms with Crippen LogP contribution in [-0.2, 0) is 4.74 Å². The third-order valence-electron chi connectivity index (χ3n) is 2.90. The van der Waals surface area contributed by atoms with E-state index in [0.29, 0.717) is 35.1 Å². The molecular weight excluding hydrogens is 305 g/mol. The van der Waals surface area contributed by atoms with Crippen LogP contribution in [0.3, 0.4) is 0 Å². The van der Waals surface area contributed by atoms with E-state index in [1.54, 1.807) is 25.3 Å². The molecule has 22 heavy (non-hydrogen) atoms. The van der Waals surface area contributed by atoms with E-state index in [1.807, 2.05) is 0 Å². The van der Waals surface area contributed by atoms with Crippen LogP contribution in [0.25, 0.3) is 10.6 Å². The first kappa shape index (κ1) is 16.5. The fourth-order valence-electron chi connectivity index (χ4n) is 1.79. The number of carbonyl (C=O) groups excluding carboxylic acids is 1. The van der Waals surface area contributed by atoms with Crippen molar-refractivity contribution in [3.63, 3.8) is 0 Å². The van der Waals surface area contributed by atoms with Crippen LogP contribution in [0.15, 0.2) is 30.5 Å². The lowest BCUT2D eigenvalue weighted by Gasteiger charge is -2.05. The van der Waals surface area contributed by atoms with Crippen LogP contribution >= 0.6 is 11.3 Å². The zero-order valence-corrected chi connectivity index (χ0v) is 13.1. The molecule has 1 aromatic heterocycles. The topological polar surface area (TPSA) is 63.2 Å². The molecule has 0 atom stereocenters. The summed E-state index contributed by atoms with van der Waals surface area (Å²) in [6.07, 6.45) is 1.47. The number of nitrogens with one attached hydrogen (secondary N) is 2. The van der Waals surface area contributed by atoms with Gasteiger partial charge in [-0.2, -0.15) is 0 Å². The molecule has 1 heterocycles. The van der Waals surface area contributed by atoms with Crippen molar-refractivity contribution in [2.45, 2.75) is 0 Å². The molecule has 2 N–H and O–H groups in total. The van der Waals surface area contributed by atoms with Crippen LogP contribution in [0.5, 0.6) is 0 Å². The van der Waals surface area contributed by atoms with E-state index in [0.717, 1.165) is 6.54 Å². The molecular formula is C15H18FN3O2S. The first-order chi connectivity index (χ1) is 10.7. The molecule has 0 saturated carbocycles. The summed E-state index contributed by atoms with van der Waals surface area (Å²) in [4.78, 5) is 16.6. The summed E-state index contributed by atoms with van der Waals surface area (Å²) in [6.45, 7) is 2.54. The van der Waals surface area contributed by atoms with Gasteiger partial charge in [0.25, 0.3) is 5.91 Å². The van der Waals surface area contributed by atoms with Gasteiger partial charge in [-0.25, -0.2) is 9.37 Å². The van der Waals surface area contributed by atoms with E-state index < -0.39 is 0 Å². The molecule has 7 heteroatoms. The summed E-state index contributed by atoms with van der Waals surface area (Å²) in [5, 5.41) is 6.42. The van der Waals surface area contributed by atoms with Gasteiger partial charge < -0.3 is 15.4 Å². The minimum atomic E-state index is -0.342. The maximum Gasteiger partial charge on any atom is 0.263 e. The van der Waals surface area contributed by atoms with Crippen LogP contribution in [0.2, 0.25) is 0 Å². The molecule has 0 saturated heterocycles. The quantitative estimate of drug-likeness (QED) is 0.729. The first-order valence-electron chi connectivity index (χ1n) is 6.91. The summed E-state index contributed by atoms with van der Waals surface area (Å²) >= 11 is 1.18. The fourth-order valence-corrected chi connectivity index (χ4v) is 2.65. The van der Waals surface area contributed by atoms with Crippen molar-refractivity contribution >= 4 is 17.2 Å². The summed E-state index contributed by atoms with van der Waals surface area (Å²) in [5.41, 5.74) is 0.410. The maximum absolute atomic E-state index is 13.7. The monoisotopic (exact) mass is 323 g/mol. The summed E-state index contributed by atoms with van der Waals surface area (Å²) in [5.74, 6) is -0.542. The number of hydrogen-bond acceptors (Lipinski definition) is 5. The zero-order valence-electron chi connectivity index (χ0n) is 12.3. The second kappa shape index (κ2) is 8.57. The summed E-state index contributed by atoms with van der Waals surface area (Å²) < 4.78 is 18.6. The Morgan fingerprint density at radius 2 is 2.14 bits per heavy atom. The number of carbonyl (C=O) groups is 1. The van der Waals surface area contributed by atoms with E-state index in [1.165, 1.54) is 23.6 Å². The average molecular weight is 323 g/mol. The van der Waals surface area contributed by atoms with Crippen molar-refractivity contribution in [1.29, 1.82) is 0 Å². The number of halogens is 1. The lowest BCUT2D eigenvalue weighted by molar-refractivity contribution is 0.0957. The molecule has 0 aliphatic heterocycles. The van der Waals surface area contributed by atoms with Crippen LogP contribution in [0, 0.1) is 5.82 Å². The number of amides is 1. The largest absolute Gasteiger partial charge is 0.383 e. The molecule has 1 amide bonds. The predicted molar refractivity (Wildman–Crippen MR) is 84.6 cm³/mol. The van der Waals surface area contributed by atoms with Gasteiger partial charge in [-0.05, 0) is 12.1 Å². The Morgan fingerprint density at radius 3 is 2.91 bits per heavy atom. The fraction of sp³-hybridized carbons (Fsp3) is 0.333. The van der Waals surface area contributed by atoms with Crippen LogP contribution in [0.4, 0.5) is 4.39 Å². The highest BCUT2D eigenvalue weighted by Gasteiger charge is 2.13. The van der Waals surface area contributed by atoms with E-state index >= 15 is 0 Å². The van der Waals surface area contributed by atoms with Crippen molar-refractivity contribution < 1.29 is 13.9 Å². The van der Waals surface area contributed by atoms with Crippen molar-refractivity contribution in [2.75, 3.05) is 33.4 Å². The second-order valence-electron chi connectivity index (χ2n) is 4.51. The van der Waals surface area contributed by atoms with Gasteiger partial charge in [0, 0.05) is 32.3 Å². The Morgan fingerprint density at radius 1 is 1.32 bits per heavy atom. The minimum Gasteiger partial charge on any atom is -0.383 e. The van der Waals surface area contributed by atoms with Gasteiger partial charge in [-0.3, -0.25) is 4.79 Å².